The molecule has 3 aromatic rings. The maximum Gasteiger partial charge on any atom is 0.457 e. The number of carbonyl (C=O) groups is 2. The van der Waals surface area contributed by atoms with Gasteiger partial charge in [0.1, 0.15) is 0 Å². The Morgan fingerprint density at radius 1 is 0.844 bits per heavy atom. The van der Waals surface area contributed by atoms with Crippen LogP contribution in [0.1, 0.15) is 31.8 Å². The maximum atomic E-state index is 14.9. The van der Waals surface area contributed by atoms with Gasteiger partial charge in [0.05, 0.1) is 40.2 Å². The van der Waals surface area contributed by atoms with E-state index in [1.54, 1.807) is 0 Å². The molecule has 0 aliphatic heterocycles. The Morgan fingerprint density at radius 2 is 1.44 bits per heavy atom. The van der Waals surface area contributed by atoms with Gasteiger partial charge >= 0.3 is 30.1 Å². The second-order valence-electron chi connectivity index (χ2n) is 8.76. The largest absolute Gasteiger partial charge is 0.494 e. The highest BCUT2D eigenvalue weighted by molar-refractivity contribution is 9.10. The first-order valence-electron chi connectivity index (χ1n) is 11.5. The van der Waals surface area contributed by atoms with E-state index in [9.17, 15) is 62.3 Å². The lowest BCUT2D eigenvalue weighted by Crippen LogP contribution is -2.59. The molecule has 1 atom stereocenters. The smallest absolute Gasteiger partial charge is 0.457 e. The van der Waals surface area contributed by atoms with Gasteiger partial charge in [-0.05, 0) is 46.3 Å². The SMILES string of the molecule is COc1c(NC(=O)c2cnccc2C(F)(F)F)cccc1C(=O)Nc1c(Cl)cc(C(F)(C(F)(F)F)C(F)(F)C(F)(F)F)cc1Br. The zero-order chi connectivity index (χ0) is 34.3. The highest BCUT2D eigenvalue weighted by atomic mass is 79.9. The number of hydrogen-bond acceptors (Lipinski definition) is 4. The predicted octanol–water partition coefficient (Wildman–Crippen LogP) is 8.95. The molecule has 1 heterocycles. The zero-order valence-corrected chi connectivity index (χ0v) is 23.9. The summed E-state index contributed by atoms with van der Waals surface area (Å²) in [4.78, 5) is 29.2. The molecule has 1 aromatic heterocycles. The number of nitrogens with one attached hydrogen (secondary N) is 2. The fourth-order valence-electron chi connectivity index (χ4n) is 3.84. The fraction of sp³-hybridized carbons (Fsp3) is 0.240. The number of halogens is 14. The zero-order valence-electron chi connectivity index (χ0n) is 21.6. The Bertz CT molecular complexity index is 1610. The molecule has 0 fully saturated rings. The van der Waals surface area contributed by atoms with Crippen LogP contribution in [0.2, 0.25) is 5.02 Å². The van der Waals surface area contributed by atoms with E-state index in [2.05, 4.69) is 26.2 Å². The third-order valence-electron chi connectivity index (χ3n) is 5.94. The number of nitrogens with zero attached hydrogens (tertiary/aromatic N) is 1. The van der Waals surface area contributed by atoms with Crippen molar-refractivity contribution in [1.82, 2.24) is 4.98 Å². The fourth-order valence-corrected chi connectivity index (χ4v) is 4.78. The molecule has 45 heavy (non-hydrogen) atoms. The Morgan fingerprint density at radius 3 is 1.96 bits per heavy atom. The summed E-state index contributed by atoms with van der Waals surface area (Å²) < 4.78 is 166. The summed E-state index contributed by atoms with van der Waals surface area (Å²) in [5.74, 6) is -10.0. The van der Waals surface area contributed by atoms with Crippen molar-refractivity contribution in [3.63, 3.8) is 0 Å². The summed E-state index contributed by atoms with van der Waals surface area (Å²) in [6.45, 7) is 0. The van der Waals surface area contributed by atoms with Gasteiger partial charge in [0.25, 0.3) is 11.8 Å². The van der Waals surface area contributed by atoms with Crippen LogP contribution < -0.4 is 15.4 Å². The molecule has 0 aliphatic carbocycles. The third kappa shape index (κ3) is 6.63. The molecular formula is C25H13BrClF12N3O3. The van der Waals surface area contributed by atoms with Crippen LogP contribution in [0.25, 0.3) is 0 Å². The van der Waals surface area contributed by atoms with Crippen LogP contribution in [0.15, 0.2) is 53.3 Å². The number of ether oxygens (including phenoxy) is 1. The van der Waals surface area contributed by atoms with Crippen molar-refractivity contribution in [3.05, 3.63) is 80.5 Å². The lowest BCUT2D eigenvalue weighted by atomic mass is 9.87. The maximum absolute atomic E-state index is 14.9. The Balaban J connectivity index is 2.01. The first-order valence-corrected chi connectivity index (χ1v) is 12.7. The first-order chi connectivity index (χ1) is 20.5. The first kappa shape index (κ1) is 35.7. The molecule has 3 rings (SSSR count). The van der Waals surface area contributed by atoms with E-state index in [-0.39, 0.29) is 17.8 Å². The lowest BCUT2D eigenvalue weighted by molar-refractivity contribution is -0.389. The minimum absolute atomic E-state index is 0.103. The summed E-state index contributed by atoms with van der Waals surface area (Å²) in [6, 6.07) is 3.48. The number of anilines is 2. The molecule has 2 aromatic carbocycles. The quantitative estimate of drug-likeness (QED) is 0.237. The lowest BCUT2D eigenvalue weighted by Gasteiger charge is -2.36. The molecule has 0 bridgehead atoms. The summed E-state index contributed by atoms with van der Waals surface area (Å²) in [5, 5.41) is 2.99. The van der Waals surface area contributed by atoms with Gasteiger partial charge in [-0.15, -0.1) is 0 Å². The van der Waals surface area contributed by atoms with Crippen molar-refractivity contribution in [2.45, 2.75) is 30.1 Å². The molecule has 6 nitrogen and oxygen atoms in total. The van der Waals surface area contributed by atoms with E-state index in [0.29, 0.717) is 12.3 Å². The Labute approximate surface area is 256 Å². The van der Waals surface area contributed by atoms with Gasteiger partial charge in [0.2, 0.25) is 0 Å². The van der Waals surface area contributed by atoms with Crippen molar-refractivity contribution in [3.8, 4) is 5.75 Å². The average Bonchev–Trinajstić information content (AvgIpc) is 2.92. The van der Waals surface area contributed by atoms with E-state index in [1.165, 1.54) is 0 Å². The van der Waals surface area contributed by atoms with E-state index in [0.717, 1.165) is 31.5 Å². The number of benzene rings is 2. The van der Waals surface area contributed by atoms with Gasteiger partial charge in [-0.2, -0.15) is 48.3 Å². The van der Waals surface area contributed by atoms with Gasteiger partial charge in [-0.25, -0.2) is 4.39 Å². The molecule has 0 radical (unpaired) electrons. The number of hydrogen-bond donors (Lipinski definition) is 2. The number of amides is 2. The molecular weight excluding hydrogens is 734 g/mol. The van der Waals surface area contributed by atoms with Crippen LogP contribution in [0, 0.1) is 0 Å². The highest BCUT2D eigenvalue weighted by Gasteiger charge is 2.81. The van der Waals surface area contributed by atoms with Crippen molar-refractivity contribution in [1.29, 1.82) is 0 Å². The minimum atomic E-state index is -6.99. The number of para-hydroxylation sites is 1. The number of pyridine rings is 1. The highest BCUT2D eigenvalue weighted by Crippen LogP contribution is 2.59. The number of rotatable bonds is 7. The average molecular weight is 747 g/mol. The van der Waals surface area contributed by atoms with Crippen LogP contribution in [0.5, 0.6) is 5.75 Å². The van der Waals surface area contributed by atoms with Gasteiger partial charge < -0.3 is 15.4 Å². The van der Waals surface area contributed by atoms with Crippen molar-refractivity contribution in [2.75, 3.05) is 17.7 Å². The summed E-state index contributed by atoms with van der Waals surface area (Å²) in [7, 11) is 0.976. The number of alkyl halides is 12. The minimum Gasteiger partial charge on any atom is -0.494 e. The molecule has 2 amide bonds. The second kappa shape index (κ2) is 12.2. The standard InChI is InChI=1S/C25H13BrClF12N3O3/c1-45-18-11(3-2-4-16(18)41-20(44)12-9-40-6-5-13(12)22(29,30)31)19(43)42-17-14(26)7-10(8-15(17)27)21(28,24(34,35)36)23(32,33)25(37,38)39/h2-9H,1H3,(H,41,44)(H,42,43). The van der Waals surface area contributed by atoms with Crippen LogP contribution >= 0.6 is 27.5 Å². The molecule has 244 valence electrons. The van der Waals surface area contributed by atoms with E-state index in [4.69, 9.17) is 16.3 Å². The van der Waals surface area contributed by atoms with Gasteiger partial charge in [-0.1, -0.05) is 17.7 Å². The second-order valence-corrected chi connectivity index (χ2v) is 10.0. The van der Waals surface area contributed by atoms with Gasteiger partial charge in [-0.3, -0.25) is 14.6 Å². The van der Waals surface area contributed by atoms with Gasteiger partial charge in [0.15, 0.2) is 5.75 Å². The van der Waals surface area contributed by atoms with Crippen LogP contribution in [0.4, 0.5) is 64.1 Å². The van der Waals surface area contributed by atoms with Crippen molar-refractivity contribution < 1.29 is 67.0 Å². The molecule has 20 heteroatoms. The summed E-state index contributed by atoms with van der Waals surface area (Å²) in [5.41, 5.74) is -12.4. The van der Waals surface area contributed by atoms with Crippen LogP contribution in [0.3, 0.4) is 0 Å². The molecule has 1 unspecified atom stereocenters. The topological polar surface area (TPSA) is 80.3 Å². The van der Waals surface area contributed by atoms with Crippen LogP contribution in [-0.4, -0.2) is 42.2 Å². The van der Waals surface area contributed by atoms with E-state index < -0.39 is 85.1 Å². The van der Waals surface area contributed by atoms with Gasteiger partial charge in [0, 0.05) is 22.4 Å². The molecule has 0 saturated heterocycles. The summed E-state index contributed by atoms with van der Waals surface area (Å²) >= 11 is 8.35. The number of carbonyl (C=O) groups excluding carboxylic acids is 2. The normalized spacial score (nSPS) is 14.0. The monoisotopic (exact) mass is 745 g/mol. The van der Waals surface area contributed by atoms with E-state index in [1.807, 2.05) is 5.32 Å². The predicted molar refractivity (Wildman–Crippen MR) is 137 cm³/mol. The molecule has 2 N–H and O–H groups in total. The number of aromatic nitrogens is 1. The summed E-state index contributed by atoms with van der Waals surface area (Å²) in [6.07, 6.45) is -17.3. The third-order valence-corrected chi connectivity index (χ3v) is 6.86. The van der Waals surface area contributed by atoms with Crippen molar-refractivity contribution in [2.24, 2.45) is 0 Å². The molecule has 0 spiro atoms. The number of methoxy groups -OCH3 is 1. The van der Waals surface area contributed by atoms with Crippen molar-refractivity contribution >= 4 is 50.7 Å². The van der Waals surface area contributed by atoms with E-state index >= 15 is 0 Å². The Hall–Kier alpha value is -3.74. The molecule has 0 saturated carbocycles. The molecule has 0 aliphatic rings. The van der Waals surface area contributed by atoms with Crippen LogP contribution in [-0.2, 0) is 11.8 Å². The Kier molecular flexibility index (Phi) is 9.70.